The van der Waals surface area contributed by atoms with Crippen LogP contribution in [0.2, 0.25) is 5.02 Å². The third-order valence-corrected chi connectivity index (χ3v) is 4.27. The van der Waals surface area contributed by atoms with Crippen molar-refractivity contribution >= 4 is 11.6 Å². The molecule has 3 heteroatoms. The number of halogens is 1. The van der Waals surface area contributed by atoms with Gasteiger partial charge in [0.2, 0.25) is 0 Å². The smallest absolute Gasteiger partial charge is 0.117 e. The van der Waals surface area contributed by atoms with Crippen LogP contribution < -0.4 is 5.73 Å². The van der Waals surface area contributed by atoms with E-state index in [0.717, 1.165) is 31.2 Å². The molecule has 3 N–H and O–H groups in total. The molecule has 2 fully saturated rings. The topological polar surface area (TPSA) is 46.2 Å². The third kappa shape index (κ3) is 1.21. The van der Waals surface area contributed by atoms with Crippen LogP contribution in [-0.2, 0) is 5.41 Å². The molecule has 80 valence electrons. The zero-order valence-corrected chi connectivity index (χ0v) is 9.22. The number of hydrogen-bond acceptors (Lipinski definition) is 2. The van der Waals surface area contributed by atoms with Gasteiger partial charge in [0.05, 0.1) is 0 Å². The molecule has 0 bridgehead atoms. The van der Waals surface area contributed by atoms with Crippen molar-refractivity contribution in [3.63, 3.8) is 0 Å². The minimum absolute atomic E-state index is 0.0202. The number of phenolic OH excluding ortho intramolecular Hbond substituents is 1. The maximum atomic E-state index is 9.33. The second kappa shape index (κ2) is 2.69. The highest BCUT2D eigenvalue weighted by atomic mass is 35.5. The van der Waals surface area contributed by atoms with Crippen LogP contribution in [0.3, 0.4) is 0 Å². The van der Waals surface area contributed by atoms with Gasteiger partial charge in [-0.15, -0.1) is 0 Å². The van der Waals surface area contributed by atoms with Crippen molar-refractivity contribution in [2.24, 2.45) is 5.73 Å². The van der Waals surface area contributed by atoms with Crippen LogP contribution in [0.5, 0.6) is 5.75 Å². The quantitative estimate of drug-likeness (QED) is 0.810. The van der Waals surface area contributed by atoms with Gasteiger partial charge >= 0.3 is 0 Å². The fourth-order valence-corrected chi connectivity index (χ4v) is 3.02. The summed E-state index contributed by atoms with van der Waals surface area (Å²) in [6.07, 6.45) is 4.47. The Kier molecular flexibility index (Phi) is 1.70. The van der Waals surface area contributed by atoms with Crippen molar-refractivity contribution in [1.29, 1.82) is 0 Å². The fourth-order valence-electron chi connectivity index (χ4n) is 2.67. The van der Waals surface area contributed by atoms with Gasteiger partial charge in [-0.05, 0) is 43.4 Å². The van der Waals surface area contributed by atoms with E-state index in [4.69, 9.17) is 17.3 Å². The number of aromatic hydroxyl groups is 1. The Labute approximate surface area is 94.0 Å². The average molecular weight is 224 g/mol. The summed E-state index contributed by atoms with van der Waals surface area (Å²) in [4.78, 5) is 0. The zero-order valence-electron chi connectivity index (χ0n) is 8.46. The minimum Gasteiger partial charge on any atom is -0.508 e. The summed E-state index contributed by atoms with van der Waals surface area (Å²) in [6.45, 7) is 0. The predicted molar refractivity (Wildman–Crippen MR) is 60.2 cm³/mol. The van der Waals surface area contributed by atoms with Crippen molar-refractivity contribution in [2.45, 2.75) is 36.6 Å². The van der Waals surface area contributed by atoms with E-state index in [1.807, 2.05) is 6.07 Å². The van der Waals surface area contributed by atoms with E-state index in [2.05, 4.69) is 0 Å². The van der Waals surface area contributed by atoms with Crippen LogP contribution in [0.25, 0.3) is 0 Å². The highest BCUT2D eigenvalue weighted by Gasteiger charge is 2.64. The van der Waals surface area contributed by atoms with Crippen LogP contribution in [-0.4, -0.2) is 10.6 Å². The maximum Gasteiger partial charge on any atom is 0.117 e. The first-order chi connectivity index (χ1) is 7.07. The standard InChI is InChI=1S/C12H14ClNO/c13-10-7-8(15)1-2-9(10)11(3-4-11)12(14)5-6-12/h1-2,7,15H,3-6,14H2. The molecule has 0 radical (unpaired) electrons. The van der Waals surface area contributed by atoms with Gasteiger partial charge in [0, 0.05) is 16.0 Å². The first-order valence-corrected chi connectivity index (χ1v) is 5.73. The summed E-state index contributed by atoms with van der Waals surface area (Å²) in [5.74, 6) is 0.224. The maximum absolute atomic E-state index is 9.33. The van der Waals surface area contributed by atoms with Crippen molar-refractivity contribution in [3.8, 4) is 5.75 Å². The lowest BCUT2D eigenvalue weighted by Crippen LogP contribution is -2.37. The molecule has 0 heterocycles. The Balaban J connectivity index is 2.06. The second-order valence-electron chi connectivity index (χ2n) is 4.90. The first kappa shape index (κ1) is 9.49. The van der Waals surface area contributed by atoms with Gasteiger partial charge in [0.25, 0.3) is 0 Å². The summed E-state index contributed by atoms with van der Waals surface area (Å²) in [6, 6.07) is 5.24. The molecule has 0 amide bonds. The number of hydrogen-bond donors (Lipinski definition) is 2. The Morgan fingerprint density at radius 2 is 1.87 bits per heavy atom. The van der Waals surface area contributed by atoms with E-state index in [0.29, 0.717) is 5.02 Å². The van der Waals surface area contributed by atoms with Gasteiger partial charge in [-0.25, -0.2) is 0 Å². The largest absolute Gasteiger partial charge is 0.508 e. The van der Waals surface area contributed by atoms with Crippen LogP contribution in [0.1, 0.15) is 31.2 Å². The van der Waals surface area contributed by atoms with E-state index in [1.54, 1.807) is 12.1 Å². The van der Waals surface area contributed by atoms with Crippen LogP contribution >= 0.6 is 11.6 Å². The highest BCUT2D eigenvalue weighted by Crippen LogP contribution is 2.64. The molecular formula is C12H14ClNO. The molecular weight excluding hydrogens is 210 g/mol. The van der Waals surface area contributed by atoms with Gasteiger partial charge in [-0.1, -0.05) is 17.7 Å². The molecule has 0 aliphatic heterocycles. The third-order valence-electron chi connectivity index (χ3n) is 3.96. The number of phenols is 1. The van der Waals surface area contributed by atoms with Crippen molar-refractivity contribution < 1.29 is 5.11 Å². The average Bonchev–Trinajstić information content (AvgIpc) is 3.01. The molecule has 3 rings (SSSR count). The lowest BCUT2D eigenvalue weighted by molar-refractivity contribution is 0.472. The van der Waals surface area contributed by atoms with E-state index >= 15 is 0 Å². The Morgan fingerprint density at radius 3 is 2.33 bits per heavy atom. The monoisotopic (exact) mass is 223 g/mol. The molecule has 2 aliphatic rings. The first-order valence-electron chi connectivity index (χ1n) is 5.35. The Bertz CT molecular complexity index is 422. The Hall–Kier alpha value is -0.730. The molecule has 0 unspecified atom stereocenters. The summed E-state index contributed by atoms with van der Waals surface area (Å²) in [5, 5.41) is 9.98. The Morgan fingerprint density at radius 1 is 1.20 bits per heavy atom. The molecule has 0 atom stereocenters. The summed E-state index contributed by atoms with van der Waals surface area (Å²) < 4.78 is 0. The van der Waals surface area contributed by atoms with Crippen LogP contribution in [0, 0.1) is 0 Å². The van der Waals surface area contributed by atoms with Crippen molar-refractivity contribution in [1.82, 2.24) is 0 Å². The van der Waals surface area contributed by atoms with Gasteiger partial charge in [0.15, 0.2) is 0 Å². The molecule has 0 saturated heterocycles. The molecule has 2 aliphatic carbocycles. The minimum atomic E-state index is -0.0202. The lowest BCUT2D eigenvalue weighted by Gasteiger charge is -2.24. The molecule has 0 aromatic heterocycles. The zero-order chi connectivity index (χ0) is 10.7. The SMILES string of the molecule is NC1(C2(c3ccc(O)cc3Cl)CC2)CC1. The van der Waals surface area contributed by atoms with Gasteiger partial charge in [-0.3, -0.25) is 0 Å². The summed E-state index contributed by atoms with van der Waals surface area (Å²) in [7, 11) is 0. The van der Waals surface area contributed by atoms with Crippen LogP contribution in [0.4, 0.5) is 0 Å². The molecule has 2 nitrogen and oxygen atoms in total. The fraction of sp³-hybridized carbons (Fsp3) is 0.500. The van der Waals surface area contributed by atoms with Gasteiger partial charge in [-0.2, -0.15) is 0 Å². The van der Waals surface area contributed by atoms with Crippen molar-refractivity contribution in [3.05, 3.63) is 28.8 Å². The van der Waals surface area contributed by atoms with Crippen LogP contribution in [0.15, 0.2) is 18.2 Å². The molecule has 2 saturated carbocycles. The van der Waals surface area contributed by atoms with E-state index in [1.165, 1.54) is 0 Å². The van der Waals surface area contributed by atoms with E-state index < -0.39 is 0 Å². The van der Waals surface area contributed by atoms with Crippen molar-refractivity contribution in [2.75, 3.05) is 0 Å². The molecule has 0 spiro atoms. The number of rotatable bonds is 2. The summed E-state index contributed by atoms with van der Waals surface area (Å²) in [5.41, 5.74) is 7.52. The second-order valence-corrected chi connectivity index (χ2v) is 5.31. The highest BCUT2D eigenvalue weighted by molar-refractivity contribution is 6.31. The normalized spacial score (nSPS) is 24.9. The molecule has 15 heavy (non-hydrogen) atoms. The van der Waals surface area contributed by atoms with Gasteiger partial charge in [0.1, 0.15) is 5.75 Å². The lowest BCUT2D eigenvalue weighted by atomic mass is 9.86. The van der Waals surface area contributed by atoms with E-state index in [9.17, 15) is 5.11 Å². The molecule has 1 aromatic rings. The summed E-state index contributed by atoms with van der Waals surface area (Å²) >= 11 is 6.17. The predicted octanol–water partition coefficient (Wildman–Crippen LogP) is 2.57. The number of benzene rings is 1. The molecule has 1 aromatic carbocycles. The number of nitrogens with two attached hydrogens (primary N) is 1. The van der Waals surface area contributed by atoms with E-state index in [-0.39, 0.29) is 16.7 Å². The van der Waals surface area contributed by atoms with Gasteiger partial charge < -0.3 is 10.8 Å².